The average molecular weight is 482 g/mol. The van der Waals surface area contributed by atoms with Gasteiger partial charge in [0.25, 0.3) is 0 Å². The molecule has 138 valence electrons. The molecule has 26 heavy (non-hydrogen) atoms. The van der Waals surface area contributed by atoms with Crippen molar-refractivity contribution in [3.63, 3.8) is 0 Å². The van der Waals surface area contributed by atoms with Gasteiger partial charge in [-0.3, -0.25) is 4.99 Å². The molecule has 0 unspecified atom stereocenters. The van der Waals surface area contributed by atoms with E-state index in [0.717, 1.165) is 24.1 Å². The molecular formula is C19H23IN4OS. The fourth-order valence-electron chi connectivity index (χ4n) is 2.37. The molecule has 0 spiro atoms. The average Bonchev–Trinajstić information content (AvgIpc) is 3.28. The number of aryl methyl sites for hydroxylation is 1. The number of nitrogens with two attached hydrogens (primary N) is 1. The summed E-state index contributed by atoms with van der Waals surface area (Å²) in [4.78, 5) is 10.2. The molecule has 0 aliphatic carbocycles. The molecule has 2 heterocycles. The van der Waals surface area contributed by atoms with Gasteiger partial charge in [0.05, 0.1) is 5.69 Å². The SMILES string of the molecule is Cc1ccc(-c2nc(CCNC(N)=NCCc3cccs3)co2)cc1.I. The molecular weight excluding hydrogens is 459 g/mol. The Morgan fingerprint density at radius 3 is 2.77 bits per heavy atom. The topological polar surface area (TPSA) is 76.4 Å². The van der Waals surface area contributed by atoms with Gasteiger partial charge in [-0.15, -0.1) is 35.3 Å². The monoisotopic (exact) mass is 482 g/mol. The summed E-state index contributed by atoms with van der Waals surface area (Å²) < 4.78 is 5.56. The number of hydrogen-bond donors (Lipinski definition) is 2. The van der Waals surface area contributed by atoms with E-state index in [4.69, 9.17) is 10.2 Å². The van der Waals surface area contributed by atoms with Crippen LogP contribution in [0.1, 0.15) is 16.1 Å². The summed E-state index contributed by atoms with van der Waals surface area (Å²) in [6.07, 6.45) is 3.35. The van der Waals surface area contributed by atoms with Crippen molar-refractivity contribution in [2.24, 2.45) is 10.7 Å². The fraction of sp³-hybridized carbons (Fsp3) is 0.263. The number of thiophene rings is 1. The molecule has 5 nitrogen and oxygen atoms in total. The number of rotatable bonds is 7. The highest BCUT2D eigenvalue weighted by Gasteiger charge is 2.06. The van der Waals surface area contributed by atoms with Gasteiger partial charge in [0, 0.05) is 36.4 Å². The minimum absolute atomic E-state index is 0. The molecule has 0 bridgehead atoms. The third kappa shape index (κ3) is 6.14. The van der Waals surface area contributed by atoms with Gasteiger partial charge >= 0.3 is 0 Å². The Labute approximate surface area is 174 Å². The Bertz CT molecular complexity index is 812. The summed E-state index contributed by atoms with van der Waals surface area (Å²) in [7, 11) is 0. The first-order chi connectivity index (χ1) is 12.2. The predicted molar refractivity (Wildman–Crippen MR) is 118 cm³/mol. The number of benzene rings is 1. The summed E-state index contributed by atoms with van der Waals surface area (Å²) >= 11 is 1.74. The van der Waals surface area contributed by atoms with Crippen LogP contribution in [0.15, 0.2) is 57.5 Å². The molecule has 3 aromatic rings. The number of halogens is 1. The maximum Gasteiger partial charge on any atom is 0.226 e. The zero-order valence-electron chi connectivity index (χ0n) is 14.6. The van der Waals surface area contributed by atoms with Gasteiger partial charge < -0.3 is 15.5 Å². The van der Waals surface area contributed by atoms with Gasteiger partial charge in [-0.1, -0.05) is 23.8 Å². The van der Waals surface area contributed by atoms with Crippen LogP contribution in [0.2, 0.25) is 0 Å². The van der Waals surface area contributed by atoms with Crippen molar-refractivity contribution in [2.45, 2.75) is 19.8 Å². The van der Waals surface area contributed by atoms with Crippen molar-refractivity contribution < 1.29 is 4.42 Å². The van der Waals surface area contributed by atoms with E-state index in [0.29, 0.717) is 24.9 Å². The molecule has 0 amide bonds. The summed E-state index contributed by atoms with van der Waals surface area (Å²) in [5.74, 6) is 1.12. The van der Waals surface area contributed by atoms with E-state index in [2.05, 4.69) is 33.7 Å². The predicted octanol–water partition coefficient (Wildman–Crippen LogP) is 4.02. The molecule has 0 radical (unpaired) electrons. The Morgan fingerprint density at radius 1 is 1.23 bits per heavy atom. The van der Waals surface area contributed by atoms with Gasteiger partial charge in [0.1, 0.15) is 6.26 Å². The first-order valence-corrected chi connectivity index (χ1v) is 9.16. The number of aliphatic imine (C=N–C) groups is 1. The van der Waals surface area contributed by atoms with Gasteiger partial charge in [-0.2, -0.15) is 0 Å². The standard InChI is InChI=1S/C19H22N4OS.HI/c1-14-4-6-15(7-5-14)18-23-16(13-24-18)8-10-21-19(20)22-11-9-17-3-2-12-25-17;/h2-7,12-13H,8-11H2,1H3,(H3,20,21,22);1H. The van der Waals surface area contributed by atoms with E-state index in [9.17, 15) is 0 Å². The van der Waals surface area contributed by atoms with Crippen LogP contribution in [0, 0.1) is 6.92 Å². The van der Waals surface area contributed by atoms with Crippen LogP contribution in [0.4, 0.5) is 0 Å². The largest absolute Gasteiger partial charge is 0.444 e. The minimum atomic E-state index is 0. The molecule has 0 fully saturated rings. The molecule has 1 aromatic carbocycles. The second-order valence-electron chi connectivity index (χ2n) is 5.78. The van der Waals surface area contributed by atoms with Crippen LogP contribution in [-0.4, -0.2) is 24.0 Å². The number of nitrogens with one attached hydrogen (secondary N) is 1. The number of nitrogens with zero attached hydrogens (tertiary/aromatic N) is 2. The lowest BCUT2D eigenvalue weighted by atomic mass is 10.1. The summed E-state index contributed by atoms with van der Waals surface area (Å²) in [5, 5.41) is 5.19. The van der Waals surface area contributed by atoms with Crippen molar-refractivity contribution in [3.8, 4) is 11.5 Å². The van der Waals surface area contributed by atoms with E-state index in [-0.39, 0.29) is 24.0 Å². The molecule has 0 aliphatic rings. The van der Waals surface area contributed by atoms with Gasteiger partial charge in [0.2, 0.25) is 5.89 Å². The normalized spacial score (nSPS) is 11.2. The fourth-order valence-corrected chi connectivity index (χ4v) is 3.06. The van der Waals surface area contributed by atoms with Crippen molar-refractivity contribution in [1.82, 2.24) is 10.3 Å². The highest BCUT2D eigenvalue weighted by atomic mass is 127. The summed E-state index contributed by atoms with van der Waals surface area (Å²) in [5.41, 5.74) is 8.99. The van der Waals surface area contributed by atoms with Crippen LogP contribution >= 0.6 is 35.3 Å². The smallest absolute Gasteiger partial charge is 0.226 e. The highest BCUT2D eigenvalue weighted by Crippen LogP contribution is 2.19. The maximum atomic E-state index is 5.89. The van der Waals surface area contributed by atoms with E-state index in [1.54, 1.807) is 17.6 Å². The van der Waals surface area contributed by atoms with Gasteiger partial charge in [0.15, 0.2) is 5.96 Å². The highest BCUT2D eigenvalue weighted by molar-refractivity contribution is 14.0. The Morgan fingerprint density at radius 2 is 2.04 bits per heavy atom. The quantitative estimate of drug-likeness (QED) is 0.303. The van der Waals surface area contributed by atoms with Crippen LogP contribution in [0.3, 0.4) is 0 Å². The Balaban J connectivity index is 0.00000243. The molecule has 0 saturated carbocycles. The van der Waals surface area contributed by atoms with Gasteiger partial charge in [-0.25, -0.2) is 4.98 Å². The molecule has 2 aromatic heterocycles. The van der Waals surface area contributed by atoms with Crippen LogP contribution in [0.25, 0.3) is 11.5 Å². The first kappa shape index (κ1) is 20.4. The van der Waals surface area contributed by atoms with Crippen molar-refractivity contribution in [3.05, 3.63) is 64.2 Å². The van der Waals surface area contributed by atoms with Crippen LogP contribution in [0.5, 0.6) is 0 Å². The first-order valence-electron chi connectivity index (χ1n) is 8.28. The number of aromatic nitrogens is 1. The van der Waals surface area contributed by atoms with Crippen LogP contribution in [-0.2, 0) is 12.8 Å². The number of oxazole rings is 1. The van der Waals surface area contributed by atoms with Crippen molar-refractivity contribution >= 4 is 41.3 Å². The lowest BCUT2D eigenvalue weighted by Crippen LogP contribution is -2.33. The summed E-state index contributed by atoms with van der Waals surface area (Å²) in [6.45, 7) is 3.43. The van der Waals surface area contributed by atoms with E-state index >= 15 is 0 Å². The molecule has 0 aliphatic heterocycles. The lowest BCUT2D eigenvalue weighted by molar-refractivity contribution is 0.572. The Kier molecular flexibility index (Phi) is 8.11. The number of hydrogen-bond acceptors (Lipinski definition) is 4. The zero-order valence-corrected chi connectivity index (χ0v) is 17.8. The summed E-state index contributed by atoms with van der Waals surface area (Å²) in [6, 6.07) is 12.3. The third-order valence-electron chi connectivity index (χ3n) is 3.76. The molecule has 0 saturated heterocycles. The molecule has 3 rings (SSSR count). The lowest BCUT2D eigenvalue weighted by Gasteiger charge is -2.03. The van der Waals surface area contributed by atoms with Crippen LogP contribution < -0.4 is 11.1 Å². The van der Waals surface area contributed by atoms with Gasteiger partial charge in [-0.05, 0) is 30.5 Å². The molecule has 0 atom stereocenters. The van der Waals surface area contributed by atoms with E-state index in [1.807, 2.05) is 30.3 Å². The maximum absolute atomic E-state index is 5.89. The Hall–Kier alpha value is -1.87. The van der Waals surface area contributed by atoms with Crippen molar-refractivity contribution in [2.75, 3.05) is 13.1 Å². The second kappa shape index (κ2) is 10.3. The van der Waals surface area contributed by atoms with E-state index < -0.39 is 0 Å². The van der Waals surface area contributed by atoms with E-state index in [1.165, 1.54) is 10.4 Å². The minimum Gasteiger partial charge on any atom is -0.444 e. The number of guanidine groups is 1. The molecule has 3 N–H and O–H groups in total. The van der Waals surface area contributed by atoms with Crippen molar-refractivity contribution in [1.29, 1.82) is 0 Å². The second-order valence-corrected chi connectivity index (χ2v) is 6.82. The third-order valence-corrected chi connectivity index (χ3v) is 4.69. The molecule has 7 heteroatoms. The zero-order chi connectivity index (χ0) is 17.5.